The Morgan fingerprint density at radius 1 is 1.15 bits per heavy atom. The van der Waals surface area contributed by atoms with E-state index in [1.54, 1.807) is 30.5 Å². The molecule has 6 heteroatoms. The van der Waals surface area contributed by atoms with Crippen molar-refractivity contribution in [1.29, 1.82) is 0 Å². The highest BCUT2D eigenvalue weighted by atomic mass is 16.3. The number of aromatic nitrogens is 5. The molecule has 0 saturated heterocycles. The zero-order valence-electron chi connectivity index (χ0n) is 11.1. The number of rotatable bonds is 4. The molecule has 1 aromatic carbocycles. The summed E-state index contributed by atoms with van der Waals surface area (Å²) in [6.07, 6.45) is 8.40. The highest BCUT2D eigenvalue weighted by molar-refractivity contribution is 5.36. The minimum Gasteiger partial charge on any atom is -0.384 e. The van der Waals surface area contributed by atoms with Crippen LogP contribution in [-0.4, -0.2) is 29.4 Å². The van der Waals surface area contributed by atoms with Crippen molar-refractivity contribution < 1.29 is 5.11 Å². The molecule has 0 fully saturated rings. The fourth-order valence-corrected chi connectivity index (χ4v) is 2.13. The Labute approximate surface area is 116 Å². The second-order valence-corrected chi connectivity index (χ2v) is 4.88. The van der Waals surface area contributed by atoms with Gasteiger partial charge in [0.25, 0.3) is 0 Å². The molecule has 0 saturated carbocycles. The maximum atomic E-state index is 10.6. The van der Waals surface area contributed by atoms with E-state index in [0.29, 0.717) is 6.54 Å². The minimum atomic E-state index is -0.999. The standard InChI is InChI=1S/C14H15N5O/c1-14(20,8-19-11-16-9-17-19)12-2-4-13(5-3-12)18-7-6-15-10-18/h2-7,9-11,20H,8H2,1H3. The van der Waals surface area contributed by atoms with Gasteiger partial charge >= 0.3 is 0 Å². The first-order chi connectivity index (χ1) is 9.65. The summed E-state index contributed by atoms with van der Waals surface area (Å²) in [7, 11) is 0. The summed E-state index contributed by atoms with van der Waals surface area (Å²) in [5, 5.41) is 14.6. The van der Waals surface area contributed by atoms with E-state index in [1.807, 2.05) is 35.0 Å². The van der Waals surface area contributed by atoms with Crippen molar-refractivity contribution in [3.8, 4) is 5.69 Å². The molecule has 0 aliphatic rings. The molecule has 102 valence electrons. The van der Waals surface area contributed by atoms with E-state index in [9.17, 15) is 5.11 Å². The maximum Gasteiger partial charge on any atom is 0.137 e. The van der Waals surface area contributed by atoms with Crippen LogP contribution in [0.15, 0.2) is 55.6 Å². The summed E-state index contributed by atoms with van der Waals surface area (Å²) in [4.78, 5) is 7.89. The van der Waals surface area contributed by atoms with Crippen molar-refractivity contribution >= 4 is 0 Å². The monoisotopic (exact) mass is 269 g/mol. The summed E-state index contributed by atoms with van der Waals surface area (Å²) in [5.41, 5.74) is 0.834. The van der Waals surface area contributed by atoms with Crippen LogP contribution >= 0.6 is 0 Å². The molecule has 1 unspecified atom stereocenters. The lowest BCUT2D eigenvalue weighted by atomic mass is 9.96. The summed E-state index contributed by atoms with van der Waals surface area (Å²) in [6, 6.07) is 7.72. The summed E-state index contributed by atoms with van der Waals surface area (Å²) in [5.74, 6) is 0. The van der Waals surface area contributed by atoms with Gasteiger partial charge in [0.05, 0.1) is 12.9 Å². The van der Waals surface area contributed by atoms with E-state index < -0.39 is 5.60 Å². The van der Waals surface area contributed by atoms with Crippen molar-refractivity contribution in [3.63, 3.8) is 0 Å². The lowest BCUT2D eigenvalue weighted by Gasteiger charge is -2.23. The smallest absolute Gasteiger partial charge is 0.137 e. The first-order valence-electron chi connectivity index (χ1n) is 6.29. The lowest BCUT2D eigenvalue weighted by Crippen LogP contribution is -2.28. The van der Waals surface area contributed by atoms with Gasteiger partial charge in [-0.2, -0.15) is 5.10 Å². The third-order valence-electron chi connectivity index (χ3n) is 3.23. The van der Waals surface area contributed by atoms with Crippen LogP contribution in [-0.2, 0) is 12.1 Å². The van der Waals surface area contributed by atoms with Crippen molar-refractivity contribution in [2.24, 2.45) is 0 Å². The zero-order valence-corrected chi connectivity index (χ0v) is 11.1. The zero-order chi connectivity index (χ0) is 14.0. The number of hydrogen-bond donors (Lipinski definition) is 1. The molecular weight excluding hydrogens is 254 g/mol. The molecule has 0 aliphatic carbocycles. The van der Waals surface area contributed by atoms with E-state index >= 15 is 0 Å². The Morgan fingerprint density at radius 2 is 1.95 bits per heavy atom. The van der Waals surface area contributed by atoms with E-state index in [1.165, 1.54) is 6.33 Å². The van der Waals surface area contributed by atoms with Crippen molar-refractivity contribution in [2.75, 3.05) is 0 Å². The van der Waals surface area contributed by atoms with Crippen LogP contribution in [0.4, 0.5) is 0 Å². The molecule has 3 aromatic rings. The van der Waals surface area contributed by atoms with Gasteiger partial charge in [-0.1, -0.05) is 12.1 Å². The van der Waals surface area contributed by atoms with Crippen molar-refractivity contribution in [3.05, 3.63) is 61.2 Å². The summed E-state index contributed by atoms with van der Waals surface area (Å²) < 4.78 is 3.53. The van der Waals surface area contributed by atoms with Crippen LogP contribution in [0.25, 0.3) is 5.69 Å². The van der Waals surface area contributed by atoms with E-state index in [2.05, 4.69) is 15.1 Å². The van der Waals surface area contributed by atoms with Gasteiger partial charge in [-0.3, -0.25) is 0 Å². The molecule has 0 spiro atoms. The van der Waals surface area contributed by atoms with Gasteiger partial charge in [-0.05, 0) is 24.6 Å². The van der Waals surface area contributed by atoms with Gasteiger partial charge in [0.15, 0.2) is 0 Å². The van der Waals surface area contributed by atoms with Gasteiger partial charge in [-0.15, -0.1) is 0 Å². The molecule has 1 N–H and O–H groups in total. The maximum absolute atomic E-state index is 10.6. The van der Waals surface area contributed by atoms with Crippen molar-refractivity contribution in [1.82, 2.24) is 24.3 Å². The topological polar surface area (TPSA) is 68.8 Å². The molecule has 0 aliphatic heterocycles. The molecule has 20 heavy (non-hydrogen) atoms. The average molecular weight is 269 g/mol. The number of benzene rings is 1. The largest absolute Gasteiger partial charge is 0.384 e. The fraction of sp³-hybridized carbons (Fsp3) is 0.214. The quantitative estimate of drug-likeness (QED) is 0.776. The van der Waals surface area contributed by atoms with Crippen LogP contribution in [0.3, 0.4) is 0 Å². The Balaban J connectivity index is 1.83. The van der Waals surface area contributed by atoms with Crippen LogP contribution < -0.4 is 0 Å². The summed E-state index contributed by atoms with van der Waals surface area (Å²) in [6.45, 7) is 2.12. The average Bonchev–Trinajstić information content (AvgIpc) is 3.11. The van der Waals surface area contributed by atoms with E-state index in [-0.39, 0.29) is 0 Å². The van der Waals surface area contributed by atoms with Gasteiger partial charge in [0.2, 0.25) is 0 Å². The highest BCUT2D eigenvalue weighted by Crippen LogP contribution is 2.23. The predicted molar refractivity (Wildman–Crippen MR) is 73.2 cm³/mol. The SMILES string of the molecule is CC(O)(Cn1cncn1)c1ccc(-n2ccnc2)cc1. The Hall–Kier alpha value is -2.47. The van der Waals surface area contributed by atoms with Crippen LogP contribution in [0.5, 0.6) is 0 Å². The fourth-order valence-electron chi connectivity index (χ4n) is 2.13. The molecule has 0 radical (unpaired) electrons. The third kappa shape index (κ3) is 2.46. The summed E-state index contributed by atoms with van der Waals surface area (Å²) >= 11 is 0. The van der Waals surface area contributed by atoms with Crippen LogP contribution in [0.2, 0.25) is 0 Å². The van der Waals surface area contributed by atoms with Crippen molar-refractivity contribution in [2.45, 2.75) is 19.1 Å². The molecule has 3 rings (SSSR count). The molecule has 1 atom stereocenters. The number of nitrogens with zero attached hydrogens (tertiary/aromatic N) is 5. The Bertz CT molecular complexity index is 656. The van der Waals surface area contributed by atoms with E-state index in [4.69, 9.17) is 0 Å². The number of aliphatic hydroxyl groups is 1. The molecule has 0 bridgehead atoms. The number of hydrogen-bond acceptors (Lipinski definition) is 4. The van der Waals surface area contributed by atoms with E-state index in [0.717, 1.165) is 11.3 Å². The normalized spacial score (nSPS) is 14.1. The van der Waals surface area contributed by atoms with Gasteiger partial charge in [0.1, 0.15) is 18.3 Å². The van der Waals surface area contributed by atoms with Crippen LogP contribution in [0, 0.1) is 0 Å². The second kappa shape index (κ2) is 4.90. The highest BCUT2D eigenvalue weighted by Gasteiger charge is 2.24. The third-order valence-corrected chi connectivity index (χ3v) is 3.23. The second-order valence-electron chi connectivity index (χ2n) is 4.88. The molecule has 6 nitrogen and oxygen atoms in total. The first-order valence-corrected chi connectivity index (χ1v) is 6.29. The lowest BCUT2D eigenvalue weighted by molar-refractivity contribution is 0.0345. The molecule has 0 amide bonds. The molecule has 2 heterocycles. The van der Waals surface area contributed by atoms with Gasteiger partial charge in [-0.25, -0.2) is 14.6 Å². The minimum absolute atomic E-state index is 0.359. The Kier molecular flexibility index (Phi) is 3.08. The predicted octanol–water partition coefficient (Wildman–Crippen LogP) is 1.37. The molecular formula is C14H15N5O. The van der Waals surface area contributed by atoms with Crippen LogP contribution in [0.1, 0.15) is 12.5 Å². The Morgan fingerprint density at radius 3 is 2.55 bits per heavy atom. The number of imidazole rings is 1. The molecule has 2 aromatic heterocycles. The van der Waals surface area contributed by atoms with Gasteiger partial charge < -0.3 is 9.67 Å². The first kappa shape index (κ1) is 12.6. The van der Waals surface area contributed by atoms with Gasteiger partial charge in [0, 0.05) is 18.1 Å².